The molecule has 1 aliphatic heterocycles. The van der Waals surface area contributed by atoms with Gasteiger partial charge in [-0.05, 0) is 80.1 Å². The normalized spacial score (nSPS) is 40.8. The highest BCUT2D eigenvalue weighted by Gasteiger charge is 2.51. The van der Waals surface area contributed by atoms with Crippen molar-refractivity contribution in [3.8, 4) is 0 Å². The van der Waals surface area contributed by atoms with E-state index in [2.05, 4.69) is 39.2 Å². The van der Waals surface area contributed by atoms with E-state index in [-0.39, 0.29) is 12.1 Å². The molecule has 2 unspecified atom stereocenters. The lowest BCUT2D eigenvalue weighted by Crippen LogP contribution is -2.36. The number of cyclic esters (lactones) is 1. The third-order valence-corrected chi connectivity index (χ3v) is 8.70. The Bertz CT molecular complexity index is 789. The van der Waals surface area contributed by atoms with Crippen molar-refractivity contribution in [3.63, 3.8) is 0 Å². The van der Waals surface area contributed by atoms with Gasteiger partial charge in [0.1, 0.15) is 6.10 Å². The van der Waals surface area contributed by atoms with Gasteiger partial charge in [0.2, 0.25) is 0 Å². The van der Waals surface area contributed by atoms with Crippen molar-refractivity contribution in [3.05, 3.63) is 47.6 Å². The van der Waals surface area contributed by atoms with E-state index in [4.69, 9.17) is 4.74 Å². The average molecular weight is 427 g/mol. The highest BCUT2D eigenvalue weighted by molar-refractivity contribution is 5.89. The van der Waals surface area contributed by atoms with Crippen molar-refractivity contribution in [2.75, 3.05) is 0 Å². The largest absolute Gasteiger partial charge is 0.459 e. The predicted octanol–water partition coefficient (Wildman–Crippen LogP) is 5.03. The van der Waals surface area contributed by atoms with Crippen LogP contribution >= 0.6 is 0 Å². The molecule has 7 atom stereocenters. The van der Waals surface area contributed by atoms with Crippen LogP contribution in [0.1, 0.15) is 71.6 Å². The molecule has 0 radical (unpaired) electrons. The van der Waals surface area contributed by atoms with Gasteiger partial charge in [-0.25, -0.2) is 4.79 Å². The van der Waals surface area contributed by atoms with Gasteiger partial charge >= 0.3 is 5.97 Å². The van der Waals surface area contributed by atoms with Gasteiger partial charge in [-0.15, -0.1) is 0 Å². The first kappa shape index (κ1) is 22.5. The molecule has 31 heavy (non-hydrogen) atoms. The fourth-order valence-electron chi connectivity index (χ4n) is 6.98. The molecule has 3 aliphatic carbocycles. The number of fused-ring (bicyclic) bond motifs is 1. The summed E-state index contributed by atoms with van der Waals surface area (Å²) in [4.78, 5) is 11.7. The number of ether oxygens (including phenoxy) is 1. The number of hydrogen-bond acceptors (Lipinski definition) is 4. The smallest absolute Gasteiger partial charge is 0.333 e. The summed E-state index contributed by atoms with van der Waals surface area (Å²) in [6.45, 7) is 12.5. The molecule has 1 heterocycles. The first-order valence-electron chi connectivity index (χ1n) is 12.0. The predicted molar refractivity (Wildman–Crippen MR) is 122 cm³/mol. The number of aliphatic hydroxyl groups is 2. The van der Waals surface area contributed by atoms with Crippen molar-refractivity contribution < 1.29 is 19.7 Å². The van der Waals surface area contributed by atoms with E-state index in [0.29, 0.717) is 53.6 Å². The van der Waals surface area contributed by atoms with Gasteiger partial charge < -0.3 is 14.9 Å². The van der Waals surface area contributed by atoms with Crippen LogP contribution in [-0.2, 0) is 9.53 Å². The average Bonchev–Trinajstić information content (AvgIpc) is 3.22. The number of allylic oxidation sites excluding steroid dienone is 3. The second-order valence-corrected chi connectivity index (χ2v) is 10.7. The monoisotopic (exact) mass is 426 g/mol. The van der Waals surface area contributed by atoms with E-state index in [1.807, 2.05) is 0 Å². The molecule has 1 saturated heterocycles. The van der Waals surface area contributed by atoms with E-state index >= 15 is 0 Å². The van der Waals surface area contributed by atoms with Gasteiger partial charge in [-0.1, -0.05) is 50.3 Å². The minimum absolute atomic E-state index is 0.0000980. The summed E-state index contributed by atoms with van der Waals surface area (Å²) >= 11 is 0. The molecule has 170 valence electrons. The molecule has 0 spiro atoms. The fraction of sp³-hybridized carbons (Fsp3) is 0.667. The highest BCUT2D eigenvalue weighted by Crippen LogP contribution is 2.60. The molecule has 0 aromatic rings. The van der Waals surface area contributed by atoms with Gasteiger partial charge in [0.25, 0.3) is 0 Å². The molecule has 4 heteroatoms. The summed E-state index contributed by atoms with van der Waals surface area (Å²) in [6, 6.07) is 0. The van der Waals surface area contributed by atoms with Crippen LogP contribution in [0.25, 0.3) is 0 Å². The molecular weight excluding hydrogens is 388 g/mol. The molecule has 4 aliphatic rings. The number of hydrogen-bond donors (Lipinski definition) is 2. The topological polar surface area (TPSA) is 66.8 Å². The first-order valence-corrected chi connectivity index (χ1v) is 12.0. The number of aliphatic hydroxyl groups excluding tert-OH is 2. The van der Waals surface area contributed by atoms with Gasteiger partial charge in [0.05, 0.1) is 12.2 Å². The minimum Gasteiger partial charge on any atom is -0.459 e. The van der Waals surface area contributed by atoms with Crippen molar-refractivity contribution >= 4 is 5.97 Å². The zero-order chi connectivity index (χ0) is 22.3. The van der Waals surface area contributed by atoms with Gasteiger partial charge in [-0.3, -0.25) is 0 Å². The lowest BCUT2D eigenvalue weighted by atomic mass is 9.60. The highest BCUT2D eigenvalue weighted by atomic mass is 16.5. The molecule has 4 fully saturated rings. The van der Waals surface area contributed by atoms with E-state index in [1.54, 1.807) is 0 Å². The molecule has 4 rings (SSSR count). The van der Waals surface area contributed by atoms with Crippen LogP contribution in [0.4, 0.5) is 0 Å². The minimum atomic E-state index is -0.637. The Morgan fingerprint density at radius 2 is 1.87 bits per heavy atom. The number of esters is 1. The zero-order valence-electron chi connectivity index (χ0n) is 19.1. The van der Waals surface area contributed by atoms with Crippen LogP contribution in [-0.4, -0.2) is 34.5 Å². The van der Waals surface area contributed by atoms with Crippen molar-refractivity contribution in [2.45, 2.75) is 89.9 Å². The van der Waals surface area contributed by atoms with Crippen molar-refractivity contribution in [2.24, 2.45) is 23.2 Å². The summed E-state index contributed by atoms with van der Waals surface area (Å²) in [5.41, 5.74) is 4.09. The van der Waals surface area contributed by atoms with Gasteiger partial charge in [0.15, 0.2) is 0 Å². The summed E-state index contributed by atoms with van der Waals surface area (Å²) in [5.74, 6) is 1.54. The van der Waals surface area contributed by atoms with Crippen LogP contribution in [0, 0.1) is 23.2 Å². The van der Waals surface area contributed by atoms with Crippen molar-refractivity contribution in [1.82, 2.24) is 0 Å². The zero-order valence-corrected chi connectivity index (χ0v) is 19.1. The third kappa shape index (κ3) is 4.34. The molecule has 3 saturated carbocycles. The lowest BCUT2D eigenvalue weighted by Gasteiger charge is -2.44. The second-order valence-electron chi connectivity index (χ2n) is 10.7. The van der Waals surface area contributed by atoms with E-state index in [9.17, 15) is 15.0 Å². The van der Waals surface area contributed by atoms with Crippen LogP contribution in [0.15, 0.2) is 47.6 Å². The summed E-state index contributed by atoms with van der Waals surface area (Å²) in [7, 11) is 0. The van der Waals surface area contributed by atoms with E-state index in [1.165, 1.54) is 31.3 Å². The maximum absolute atomic E-state index is 11.7. The van der Waals surface area contributed by atoms with E-state index < -0.39 is 12.2 Å². The number of carbonyl (C=O) groups excluding carboxylic acids is 1. The standard InChI is InChI=1S/C27H38O4/c1-16(12-21-13-17(2)26(30)31-21)22-9-10-23-20(6-5-11-27(22,23)4)8-7-19-14-24(28)18(3)25(29)15-19/h7-8,16,21-25,28-29H,2-3,5-6,9-15H2,1,4H3/b20-8+/t16-,21+,22?,23?,24-,25-,27-/m1/s1. The Balaban J connectivity index is 1.45. The summed E-state index contributed by atoms with van der Waals surface area (Å²) in [6.07, 6.45) is 12.0. The molecule has 0 aromatic heterocycles. The molecule has 0 aromatic carbocycles. The Morgan fingerprint density at radius 3 is 2.52 bits per heavy atom. The Morgan fingerprint density at radius 1 is 1.16 bits per heavy atom. The Labute approximate surface area is 186 Å². The Kier molecular flexibility index (Phi) is 6.33. The maximum Gasteiger partial charge on any atom is 0.333 e. The molecule has 0 amide bonds. The third-order valence-electron chi connectivity index (χ3n) is 8.70. The van der Waals surface area contributed by atoms with Gasteiger partial charge in [-0.2, -0.15) is 0 Å². The molecule has 4 nitrogen and oxygen atoms in total. The lowest BCUT2D eigenvalue weighted by molar-refractivity contribution is -0.139. The Hall–Kier alpha value is -1.65. The maximum atomic E-state index is 11.7. The number of rotatable bonds is 4. The van der Waals surface area contributed by atoms with Crippen LogP contribution in [0.5, 0.6) is 0 Å². The van der Waals surface area contributed by atoms with Crippen molar-refractivity contribution in [1.29, 1.82) is 0 Å². The number of carbonyl (C=O) groups is 1. The second kappa shape index (κ2) is 8.71. The fourth-order valence-corrected chi connectivity index (χ4v) is 6.98. The van der Waals surface area contributed by atoms with Crippen LogP contribution in [0.3, 0.4) is 0 Å². The van der Waals surface area contributed by atoms with Gasteiger partial charge in [0, 0.05) is 12.0 Å². The van der Waals surface area contributed by atoms with Crippen LogP contribution < -0.4 is 0 Å². The van der Waals surface area contributed by atoms with Crippen LogP contribution in [0.2, 0.25) is 0 Å². The summed E-state index contributed by atoms with van der Waals surface area (Å²) in [5, 5.41) is 20.3. The quantitative estimate of drug-likeness (QED) is 0.376. The molecule has 2 N–H and O–H groups in total. The molecule has 0 bridgehead atoms. The van der Waals surface area contributed by atoms with E-state index in [0.717, 1.165) is 18.4 Å². The summed E-state index contributed by atoms with van der Waals surface area (Å²) < 4.78 is 5.52. The first-order chi connectivity index (χ1) is 14.7. The SMILES string of the molecule is C=C1C[C@H](C[C@@H](C)C2CCC3/C(=C/C=C4C[C@@H](O)C(=C)[C@H](O)C4)CCC[C@@]32C)OC1=O. The molecular formula is C27H38O4.